The van der Waals surface area contributed by atoms with Gasteiger partial charge in [-0.15, -0.1) is 0 Å². The van der Waals surface area contributed by atoms with Gasteiger partial charge >= 0.3 is 12.1 Å². The lowest BCUT2D eigenvalue weighted by Gasteiger charge is -2.53. The summed E-state index contributed by atoms with van der Waals surface area (Å²) >= 11 is 0. The highest BCUT2D eigenvalue weighted by Crippen LogP contribution is 2.43. The molecule has 0 aliphatic carbocycles. The molecule has 18 heteroatoms. The lowest BCUT2D eigenvalue weighted by atomic mass is 9.75. The molecule has 3 aliphatic heterocycles. The number of alkyl halides is 3. The summed E-state index contributed by atoms with van der Waals surface area (Å²) in [5, 5.41) is 64.4. The van der Waals surface area contributed by atoms with Crippen molar-refractivity contribution >= 4 is 5.97 Å². The Balaban J connectivity index is 2.15. The summed E-state index contributed by atoms with van der Waals surface area (Å²) in [5.41, 5.74) is -7.05. The van der Waals surface area contributed by atoms with Crippen molar-refractivity contribution in [3.05, 3.63) is 0 Å². The Bertz CT molecular complexity index is 1320. The van der Waals surface area contributed by atoms with Crippen LogP contribution in [0.25, 0.3) is 0 Å². The minimum absolute atomic E-state index is 0.128. The van der Waals surface area contributed by atoms with Crippen molar-refractivity contribution < 1.29 is 71.9 Å². The first-order chi connectivity index (χ1) is 26.5. The molecule has 3 heterocycles. The Hall–Kier alpha value is -1.26. The zero-order valence-electron chi connectivity index (χ0n) is 36.7. The summed E-state index contributed by atoms with van der Waals surface area (Å²) in [4.78, 5) is 16.2. The number of carbonyl (C=O) groups is 1. The monoisotopic (exact) mass is 846 g/mol. The summed E-state index contributed by atoms with van der Waals surface area (Å²) < 4.78 is 76.8. The maximum absolute atomic E-state index is 14.3. The fourth-order valence-electron chi connectivity index (χ4n) is 9.15. The summed E-state index contributed by atoms with van der Waals surface area (Å²) in [6, 6.07) is -1.00. The minimum atomic E-state index is -4.53. The number of hydrogen-bond donors (Lipinski definition) is 7. The number of cyclic esters (lactones) is 1. The molecular weight excluding hydrogens is 771 g/mol. The third-order valence-corrected chi connectivity index (χ3v) is 12.9. The molecular formula is C40H74F3N3O12. The topological polar surface area (TPSA) is 201 Å². The molecule has 0 spiro atoms. The smallest absolute Gasteiger partial charge is 0.401 e. The van der Waals surface area contributed by atoms with E-state index in [1.165, 1.54) is 27.9 Å². The normalized spacial score (nSPS) is 47.0. The van der Waals surface area contributed by atoms with Crippen LogP contribution in [0.4, 0.5) is 13.2 Å². The lowest BCUT2D eigenvalue weighted by Crippen LogP contribution is -2.70. The number of ether oxygens (including phenoxy) is 6. The number of aliphatic hydroxyl groups is 5. The summed E-state index contributed by atoms with van der Waals surface area (Å²) in [6.07, 6.45) is -13.9. The molecule has 0 unspecified atom stereocenters. The molecule has 0 saturated carbocycles. The molecule has 15 nitrogen and oxygen atoms in total. The minimum Gasteiger partial charge on any atom is -0.459 e. The number of esters is 1. The van der Waals surface area contributed by atoms with E-state index in [0.29, 0.717) is 13.0 Å². The summed E-state index contributed by atoms with van der Waals surface area (Å²) in [5.74, 6) is -3.11. The predicted octanol–water partition coefficient (Wildman–Crippen LogP) is 2.08. The van der Waals surface area contributed by atoms with Crippen molar-refractivity contribution in [2.45, 2.75) is 191 Å². The van der Waals surface area contributed by atoms with Crippen LogP contribution in [0.15, 0.2) is 0 Å². The van der Waals surface area contributed by atoms with Gasteiger partial charge in [-0.2, -0.15) is 13.2 Å². The number of hydrogen-bond acceptors (Lipinski definition) is 15. The second-order valence-electron chi connectivity index (χ2n) is 18.2. The first-order valence-electron chi connectivity index (χ1n) is 20.6. The van der Waals surface area contributed by atoms with E-state index in [9.17, 15) is 43.5 Å². The van der Waals surface area contributed by atoms with Crippen molar-refractivity contribution in [3.63, 3.8) is 0 Å². The number of methoxy groups -OCH3 is 1. The average Bonchev–Trinajstić information content (AvgIpc) is 3.11. The third kappa shape index (κ3) is 11.8. The predicted molar refractivity (Wildman–Crippen MR) is 207 cm³/mol. The van der Waals surface area contributed by atoms with E-state index in [-0.39, 0.29) is 37.3 Å². The second kappa shape index (κ2) is 19.8. The van der Waals surface area contributed by atoms with Gasteiger partial charge in [0, 0.05) is 38.1 Å². The van der Waals surface area contributed by atoms with Crippen LogP contribution in [0.3, 0.4) is 0 Å². The van der Waals surface area contributed by atoms with Crippen LogP contribution in [0.2, 0.25) is 0 Å². The van der Waals surface area contributed by atoms with E-state index < -0.39 is 115 Å². The largest absolute Gasteiger partial charge is 0.459 e. The molecule has 3 aliphatic rings. The number of carbonyl (C=O) groups excluding carboxylic acids is 1. The Labute approximate surface area is 342 Å². The number of aliphatic hydroxyl groups excluding tert-OH is 2. The molecule has 58 heavy (non-hydrogen) atoms. The third-order valence-electron chi connectivity index (χ3n) is 12.9. The molecule has 0 radical (unpaired) electrons. The van der Waals surface area contributed by atoms with Gasteiger partial charge in [-0.1, -0.05) is 20.8 Å². The maximum Gasteiger partial charge on any atom is 0.401 e. The first kappa shape index (κ1) is 51.1. The van der Waals surface area contributed by atoms with Gasteiger partial charge in [-0.25, -0.2) is 0 Å². The zero-order valence-corrected chi connectivity index (χ0v) is 36.7. The van der Waals surface area contributed by atoms with Crippen molar-refractivity contribution in [2.24, 2.45) is 17.8 Å². The SMILES string of the molecule is CC[C@H]1OC(=O)[C@H](C)[C@@H](O[C@H]2C[C@@](C)(OC)[C@@](O)(CNCC(F)(F)F)[C@H](C)O2)[C@H](C)[C@@H](O[C@@H]2O[C@H](C)C[C@H](N(C)C)[C@H]2O)[C@@](C)(O)C[C@@H](C)CN[C@H](C)[C@@H](O)[C@]1(C)O. The molecule has 3 fully saturated rings. The maximum atomic E-state index is 14.3. The molecule has 3 saturated heterocycles. The van der Waals surface area contributed by atoms with E-state index in [1.807, 2.05) is 32.8 Å². The van der Waals surface area contributed by atoms with Crippen LogP contribution in [-0.2, 0) is 33.2 Å². The van der Waals surface area contributed by atoms with Gasteiger partial charge in [-0.3, -0.25) is 4.79 Å². The van der Waals surface area contributed by atoms with E-state index in [1.54, 1.807) is 34.6 Å². The van der Waals surface area contributed by atoms with Crippen molar-refractivity contribution in [1.82, 2.24) is 15.5 Å². The number of likely N-dealkylation sites (N-methyl/N-ethyl adjacent to an activating group) is 1. The number of nitrogens with zero attached hydrogens (tertiary/aromatic N) is 1. The van der Waals surface area contributed by atoms with Crippen LogP contribution in [-0.4, -0.2) is 173 Å². The second-order valence-corrected chi connectivity index (χ2v) is 18.2. The quantitative estimate of drug-likeness (QED) is 0.158. The van der Waals surface area contributed by atoms with E-state index >= 15 is 0 Å². The van der Waals surface area contributed by atoms with E-state index in [4.69, 9.17) is 28.4 Å². The highest BCUT2D eigenvalue weighted by molar-refractivity contribution is 5.73. The molecule has 0 aromatic carbocycles. The zero-order chi connectivity index (χ0) is 44.3. The molecule has 342 valence electrons. The molecule has 3 rings (SSSR count). The average molecular weight is 846 g/mol. The summed E-state index contributed by atoms with van der Waals surface area (Å²) in [7, 11) is 4.99. The molecule has 0 amide bonds. The Morgan fingerprint density at radius 2 is 1.60 bits per heavy atom. The molecule has 18 atom stereocenters. The molecule has 0 aromatic rings. The Morgan fingerprint density at radius 1 is 0.983 bits per heavy atom. The molecule has 7 N–H and O–H groups in total. The van der Waals surface area contributed by atoms with Gasteiger partial charge in [0.15, 0.2) is 12.6 Å². The van der Waals surface area contributed by atoms with Crippen molar-refractivity contribution in [2.75, 3.05) is 40.8 Å². The van der Waals surface area contributed by atoms with Crippen molar-refractivity contribution in [3.8, 4) is 0 Å². The van der Waals surface area contributed by atoms with Crippen LogP contribution in [0.1, 0.15) is 94.9 Å². The van der Waals surface area contributed by atoms with Gasteiger partial charge in [0.25, 0.3) is 0 Å². The summed E-state index contributed by atoms with van der Waals surface area (Å²) in [6.45, 7) is 14.9. The standard InChI is InChI=1S/C40H74F3N3O12/c1-14-28-38(10,51)32(48)25(6)45-18-21(2)16-36(8,50)33(58-35-30(47)27(46(11)12)15-22(3)54-35)23(4)31(24(5)34(49)56-28)57-29-17-37(9,53-13)39(52,26(7)55-29)19-44-20-40(41,42)43/h21-33,35,44-45,47-48,50-52H,14-20H2,1-13H3/t21-,22-,23+,24-,25-,26+,27+,28-,29+,30-,31+,32-,33-,35+,36+,37-,38-,39-/m1/s1. The molecule has 0 aromatic heterocycles. The fourth-order valence-corrected chi connectivity index (χ4v) is 9.15. The van der Waals surface area contributed by atoms with Gasteiger partial charge in [-0.05, 0) is 94.3 Å². The van der Waals surface area contributed by atoms with Crippen LogP contribution < -0.4 is 10.6 Å². The lowest BCUT2D eigenvalue weighted by molar-refractivity contribution is -0.336. The first-order valence-corrected chi connectivity index (χ1v) is 20.6. The molecule has 0 bridgehead atoms. The number of nitrogens with one attached hydrogen (secondary N) is 2. The highest BCUT2D eigenvalue weighted by atomic mass is 19.4. The van der Waals surface area contributed by atoms with Crippen LogP contribution >= 0.6 is 0 Å². The van der Waals surface area contributed by atoms with Gasteiger partial charge in [0.1, 0.15) is 35.1 Å². The van der Waals surface area contributed by atoms with Crippen molar-refractivity contribution in [1.29, 1.82) is 0 Å². The van der Waals surface area contributed by atoms with E-state index in [0.717, 1.165) is 0 Å². The Morgan fingerprint density at radius 3 is 2.16 bits per heavy atom. The number of rotatable bonds is 10. The Kier molecular flexibility index (Phi) is 17.5. The fraction of sp³-hybridized carbons (Fsp3) is 0.975. The van der Waals surface area contributed by atoms with E-state index in [2.05, 4.69) is 10.6 Å². The highest BCUT2D eigenvalue weighted by Gasteiger charge is 2.58. The van der Waals surface area contributed by atoms with Gasteiger partial charge < -0.3 is 69.5 Å². The van der Waals surface area contributed by atoms with Gasteiger partial charge in [0.05, 0.1) is 42.5 Å². The van der Waals surface area contributed by atoms with Gasteiger partial charge in [0.2, 0.25) is 0 Å². The van der Waals surface area contributed by atoms with Crippen LogP contribution in [0.5, 0.6) is 0 Å². The number of halogens is 3. The van der Waals surface area contributed by atoms with Crippen LogP contribution in [0, 0.1) is 17.8 Å².